The zero-order valence-corrected chi connectivity index (χ0v) is 15.1. The fourth-order valence-electron chi connectivity index (χ4n) is 3.03. The van der Waals surface area contributed by atoms with Gasteiger partial charge in [0.1, 0.15) is 11.9 Å². The van der Waals surface area contributed by atoms with Crippen molar-refractivity contribution < 1.29 is 23.9 Å². The third-order valence-electron chi connectivity index (χ3n) is 4.10. The predicted molar refractivity (Wildman–Crippen MR) is 98.1 cm³/mol. The molecule has 0 aliphatic carbocycles. The van der Waals surface area contributed by atoms with Crippen LogP contribution in [0.3, 0.4) is 0 Å². The number of fused-ring (bicyclic) bond motifs is 1. The Morgan fingerprint density at radius 3 is 2.33 bits per heavy atom. The van der Waals surface area contributed by atoms with Crippen LogP contribution >= 0.6 is 0 Å². The van der Waals surface area contributed by atoms with Crippen molar-refractivity contribution in [3.63, 3.8) is 0 Å². The highest BCUT2D eigenvalue weighted by atomic mass is 16.5. The van der Waals surface area contributed by atoms with E-state index in [4.69, 9.17) is 9.47 Å². The smallest absolute Gasteiger partial charge is 0.356 e. The summed E-state index contributed by atoms with van der Waals surface area (Å²) >= 11 is 0. The Morgan fingerprint density at radius 1 is 1.00 bits per heavy atom. The summed E-state index contributed by atoms with van der Waals surface area (Å²) in [5.74, 6) is -2.21. The summed E-state index contributed by atoms with van der Waals surface area (Å²) in [6.07, 6.45) is 6.31. The van der Waals surface area contributed by atoms with Gasteiger partial charge in [-0.1, -0.05) is 24.3 Å². The summed E-state index contributed by atoms with van der Waals surface area (Å²) in [6.45, 7) is 3.49. The molecule has 2 aliphatic heterocycles. The second kappa shape index (κ2) is 7.90. The molecule has 0 saturated heterocycles. The molecular weight excluding hydrogens is 348 g/mol. The molecule has 1 amide bonds. The van der Waals surface area contributed by atoms with Crippen LogP contribution in [0.2, 0.25) is 0 Å². The van der Waals surface area contributed by atoms with E-state index in [1.54, 1.807) is 67.4 Å². The van der Waals surface area contributed by atoms with Crippen LogP contribution in [0.5, 0.6) is 0 Å². The molecule has 0 saturated carbocycles. The average molecular weight is 368 g/mol. The number of benzene rings is 1. The lowest BCUT2D eigenvalue weighted by Crippen LogP contribution is -2.56. The quantitative estimate of drug-likeness (QED) is 0.585. The zero-order valence-electron chi connectivity index (χ0n) is 15.1. The van der Waals surface area contributed by atoms with Crippen molar-refractivity contribution in [3.05, 3.63) is 66.0 Å². The van der Waals surface area contributed by atoms with E-state index in [-0.39, 0.29) is 24.5 Å². The normalized spacial score (nSPS) is 18.4. The summed E-state index contributed by atoms with van der Waals surface area (Å²) in [6, 6.07) is 8.95. The van der Waals surface area contributed by atoms with Crippen LogP contribution in [0.4, 0.5) is 5.69 Å². The number of hydrogen-bond donors (Lipinski definition) is 0. The van der Waals surface area contributed by atoms with Gasteiger partial charge in [-0.05, 0) is 38.1 Å². The fraction of sp³-hybridized carbons (Fsp3) is 0.250. The van der Waals surface area contributed by atoms with Crippen LogP contribution in [0.25, 0.3) is 0 Å². The van der Waals surface area contributed by atoms with Crippen LogP contribution in [0.1, 0.15) is 13.8 Å². The van der Waals surface area contributed by atoms with Crippen molar-refractivity contribution in [2.75, 3.05) is 18.1 Å². The van der Waals surface area contributed by atoms with Crippen molar-refractivity contribution in [2.45, 2.75) is 20.0 Å². The number of ether oxygens (including phenoxy) is 2. The minimum Gasteiger partial charge on any atom is -0.462 e. The number of allylic oxidation sites excluding steroid dienone is 2. The minimum atomic E-state index is -0.854. The topological polar surface area (TPSA) is 76.2 Å². The number of hydrogen-bond acceptors (Lipinski definition) is 6. The lowest BCUT2D eigenvalue weighted by atomic mass is 10.0. The Labute approximate surface area is 157 Å². The van der Waals surface area contributed by atoms with E-state index in [1.165, 1.54) is 4.90 Å². The standard InChI is InChI=1S/C20H20N2O5/c1-3-26-19(24)16-17(20(25)27-4-2)21-13-9-8-12-15(21)22(18(16)23)14-10-6-5-7-11-14/h5-13,15H,3-4H2,1-2H3. The third kappa shape index (κ3) is 3.36. The van der Waals surface area contributed by atoms with Crippen molar-refractivity contribution in [3.8, 4) is 0 Å². The molecule has 7 nitrogen and oxygen atoms in total. The van der Waals surface area contributed by atoms with Crippen LogP contribution in [-0.2, 0) is 23.9 Å². The summed E-state index contributed by atoms with van der Waals surface area (Å²) < 4.78 is 10.2. The van der Waals surface area contributed by atoms with E-state index in [0.717, 1.165) is 0 Å². The molecule has 3 rings (SSSR count). The first kappa shape index (κ1) is 18.4. The molecule has 140 valence electrons. The highest BCUT2D eigenvalue weighted by molar-refractivity contribution is 6.26. The SMILES string of the molecule is CCOC(=O)C1=C(C(=O)OCC)N2C=CC=CC2N(c2ccccc2)C1=O. The number of rotatable bonds is 5. The first-order valence-electron chi connectivity index (χ1n) is 8.70. The Hall–Kier alpha value is -3.35. The lowest BCUT2D eigenvalue weighted by molar-refractivity contribution is -0.145. The molecule has 0 bridgehead atoms. The molecule has 1 atom stereocenters. The molecule has 0 aromatic heterocycles. The van der Waals surface area contributed by atoms with Crippen LogP contribution in [-0.4, -0.2) is 42.1 Å². The first-order valence-corrected chi connectivity index (χ1v) is 8.70. The first-order chi connectivity index (χ1) is 13.1. The molecular formula is C20H20N2O5. The minimum absolute atomic E-state index is 0.0796. The predicted octanol–water partition coefficient (Wildman–Crippen LogP) is 2.13. The highest BCUT2D eigenvalue weighted by Gasteiger charge is 2.45. The molecule has 7 heteroatoms. The summed E-state index contributed by atoms with van der Waals surface area (Å²) in [5, 5.41) is 0. The highest BCUT2D eigenvalue weighted by Crippen LogP contribution is 2.33. The van der Waals surface area contributed by atoms with Gasteiger partial charge < -0.3 is 14.4 Å². The summed E-state index contributed by atoms with van der Waals surface area (Å²) in [7, 11) is 0. The van der Waals surface area contributed by atoms with Crippen molar-refractivity contribution in [1.82, 2.24) is 4.90 Å². The second-order valence-corrected chi connectivity index (χ2v) is 5.72. The molecule has 1 aromatic rings. The Morgan fingerprint density at radius 2 is 1.67 bits per heavy atom. The van der Waals surface area contributed by atoms with Crippen molar-refractivity contribution in [1.29, 1.82) is 0 Å². The van der Waals surface area contributed by atoms with E-state index in [1.807, 2.05) is 6.07 Å². The number of anilines is 1. The molecule has 2 aliphatic rings. The average Bonchev–Trinajstić information content (AvgIpc) is 2.68. The Balaban J connectivity index is 2.19. The Bertz CT molecular complexity index is 841. The van der Waals surface area contributed by atoms with Gasteiger partial charge in [0.05, 0.1) is 13.2 Å². The number of nitrogens with zero attached hydrogens (tertiary/aromatic N) is 2. The van der Waals surface area contributed by atoms with Gasteiger partial charge in [0.15, 0.2) is 5.57 Å². The van der Waals surface area contributed by atoms with Crippen LogP contribution in [0, 0.1) is 0 Å². The van der Waals surface area contributed by atoms with Crippen LogP contribution < -0.4 is 4.90 Å². The summed E-state index contributed by atoms with van der Waals surface area (Å²) in [5.41, 5.74) is 0.149. The number of carbonyl (C=O) groups excluding carboxylic acids is 3. The van der Waals surface area contributed by atoms with Gasteiger partial charge in [0.2, 0.25) is 0 Å². The lowest BCUT2D eigenvalue weighted by Gasteiger charge is -2.43. The fourth-order valence-corrected chi connectivity index (χ4v) is 3.03. The molecule has 2 heterocycles. The second-order valence-electron chi connectivity index (χ2n) is 5.72. The largest absolute Gasteiger partial charge is 0.462 e. The van der Waals surface area contributed by atoms with Crippen molar-refractivity contribution >= 4 is 23.5 Å². The zero-order chi connectivity index (χ0) is 19.4. The van der Waals surface area contributed by atoms with Gasteiger partial charge in [-0.2, -0.15) is 0 Å². The number of amides is 1. The summed E-state index contributed by atoms with van der Waals surface area (Å²) in [4.78, 5) is 41.5. The maximum Gasteiger partial charge on any atom is 0.356 e. The third-order valence-corrected chi connectivity index (χ3v) is 4.10. The monoisotopic (exact) mass is 368 g/mol. The van der Waals surface area contributed by atoms with Gasteiger partial charge in [0, 0.05) is 11.9 Å². The maximum atomic E-state index is 13.3. The molecule has 0 radical (unpaired) electrons. The molecule has 1 unspecified atom stereocenters. The van der Waals surface area contributed by atoms with E-state index in [9.17, 15) is 14.4 Å². The molecule has 1 aromatic carbocycles. The van der Waals surface area contributed by atoms with Gasteiger partial charge in [-0.3, -0.25) is 9.69 Å². The van der Waals surface area contributed by atoms with E-state index < -0.39 is 24.0 Å². The van der Waals surface area contributed by atoms with E-state index in [0.29, 0.717) is 5.69 Å². The van der Waals surface area contributed by atoms with Gasteiger partial charge in [0.25, 0.3) is 5.91 Å². The molecule has 0 N–H and O–H groups in total. The van der Waals surface area contributed by atoms with Crippen LogP contribution in [0.15, 0.2) is 66.0 Å². The van der Waals surface area contributed by atoms with Gasteiger partial charge in [-0.25, -0.2) is 9.59 Å². The van der Waals surface area contributed by atoms with E-state index in [2.05, 4.69) is 0 Å². The van der Waals surface area contributed by atoms with Crippen molar-refractivity contribution in [2.24, 2.45) is 0 Å². The molecule has 0 spiro atoms. The number of carbonyl (C=O) groups is 3. The number of esters is 2. The Kier molecular flexibility index (Phi) is 5.40. The van der Waals surface area contributed by atoms with Gasteiger partial charge in [-0.15, -0.1) is 0 Å². The maximum absolute atomic E-state index is 13.3. The number of para-hydroxylation sites is 1. The van der Waals surface area contributed by atoms with Gasteiger partial charge >= 0.3 is 11.9 Å². The van der Waals surface area contributed by atoms with E-state index >= 15 is 0 Å². The molecule has 0 fully saturated rings. The molecule has 27 heavy (non-hydrogen) atoms.